The molecule has 0 N–H and O–H groups in total. The zero-order valence-electron chi connectivity index (χ0n) is 14.0. The minimum absolute atomic E-state index is 0.149. The third-order valence-corrected chi connectivity index (χ3v) is 4.49. The van der Waals surface area contributed by atoms with Crippen molar-refractivity contribution >= 4 is 5.78 Å². The summed E-state index contributed by atoms with van der Waals surface area (Å²) in [5.41, 5.74) is 1.10. The van der Waals surface area contributed by atoms with Crippen molar-refractivity contribution in [3.05, 3.63) is 71.2 Å². The second-order valence-corrected chi connectivity index (χ2v) is 6.26. The van der Waals surface area contributed by atoms with Gasteiger partial charge < -0.3 is 9.47 Å². The summed E-state index contributed by atoms with van der Waals surface area (Å²) < 4.78 is 41.5. The molecule has 0 spiro atoms. The molecule has 1 unspecified atom stereocenters. The number of Topliss-reactive ketones (excluding diaryl/α,β-unsaturated/α-hetero) is 1. The Bertz CT molecular complexity index is 806. The van der Waals surface area contributed by atoms with Crippen LogP contribution in [0.1, 0.15) is 29.8 Å². The first-order valence-corrected chi connectivity index (χ1v) is 8.03. The molecule has 1 aliphatic rings. The number of hydrogen-bond donors (Lipinski definition) is 0. The number of halogens is 3. The number of fused-ring (bicyclic) bond motifs is 1. The molecule has 0 bridgehead atoms. The van der Waals surface area contributed by atoms with E-state index in [0.29, 0.717) is 17.8 Å². The van der Waals surface area contributed by atoms with Gasteiger partial charge in [-0.15, -0.1) is 0 Å². The van der Waals surface area contributed by atoms with Gasteiger partial charge in [0.25, 0.3) is 0 Å². The highest BCUT2D eigenvalue weighted by atomic mass is 19.4. The molecule has 132 valence electrons. The van der Waals surface area contributed by atoms with Gasteiger partial charge in [0, 0.05) is 37.6 Å². The first-order chi connectivity index (χ1) is 11.8. The van der Waals surface area contributed by atoms with Gasteiger partial charge in [0.2, 0.25) is 0 Å². The van der Waals surface area contributed by atoms with Crippen LogP contribution < -0.4 is 0 Å². The lowest BCUT2D eigenvalue weighted by Gasteiger charge is -2.29. The van der Waals surface area contributed by atoms with Crippen molar-refractivity contribution in [1.82, 2.24) is 9.47 Å². The number of benzene rings is 1. The van der Waals surface area contributed by atoms with Gasteiger partial charge >= 0.3 is 6.18 Å². The zero-order chi connectivity index (χ0) is 18.2. The molecule has 0 fully saturated rings. The van der Waals surface area contributed by atoms with E-state index in [4.69, 9.17) is 0 Å². The molecule has 1 aromatic carbocycles. The SMILES string of the molecule is CC(=O)/C1=C/N(C)CCn2c(ccc2C(F)(F)F)C1c1ccccc1. The third kappa shape index (κ3) is 3.34. The Morgan fingerprint density at radius 3 is 2.36 bits per heavy atom. The highest BCUT2D eigenvalue weighted by Gasteiger charge is 2.37. The maximum Gasteiger partial charge on any atom is 0.431 e. The highest BCUT2D eigenvalue weighted by molar-refractivity contribution is 5.95. The summed E-state index contributed by atoms with van der Waals surface area (Å²) in [5, 5.41) is 0. The molecule has 6 heteroatoms. The molecule has 3 nitrogen and oxygen atoms in total. The van der Waals surface area contributed by atoms with Crippen molar-refractivity contribution in [2.45, 2.75) is 25.6 Å². The number of alkyl halides is 3. The van der Waals surface area contributed by atoms with Crippen LogP contribution in [0.25, 0.3) is 0 Å². The van der Waals surface area contributed by atoms with Crippen LogP contribution in [0.15, 0.2) is 54.2 Å². The third-order valence-electron chi connectivity index (χ3n) is 4.49. The maximum atomic E-state index is 13.4. The van der Waals surface area contributed by atoms with Gasteiger partial charge in [-0.3, -0.25) is 4.79 Å². The van der Waals surface area contributed by atoms with E-state index in [9.17, 15) is 18.0 Å². The smallest absolute Gasteiger partial charge is 0.378 e. The van der Waals surface area contributed by atoms with Crippen molar-refractivity contribution < 1.29 is 18.0 Å². The molecule has 0 radical (unpaired) electrons. The molecule has 0 saturated carbocycles. The van der Waals surface area contributed by atoms with Crippen LogP contribution in [0.5, 0.6) is 0 Å². The quantitative estimate of drug-likeness (QED) is 0.818. The minimum atomic E-state index is -4.43. The lowest BCUT2D eigenvalue weighted by molar-refractivity contribution is -0.143. The predicted molar refractivity (Wildman–Crippen MR) is 89.1 cm³/mol. The topological polar surface area (TPSA) is 25.2 Å². The molecule has 1 aliphatic heterocycles. The van der Waals surface area contributed by atoms with Crippen molar-refractivity contribution in [3.8, 4) is 0 Å². The van der Waals surface area contributed by atoms with Crippen LogP contribution in [0.2, 0.25) is 0 Å². The number of ketones is 1. The molecule has 1 atom stereocenters. The Morgan fingerprint density at radius 1 is 1.08 bits per heavy atom. The molecular formula is C19H19F3N2O. The molecule has 0 amide bonds. The molecule has 3 rings (SSSR count). The van der Waals surface area contributed by atoms with E-state index < -0.39 is 17.8 Å². The monoisotopic (exact) mass is 348 g/mol. The van der Waals surface area contributed by atoms with Crippen LogP contribution in [0.4, 0.5) is 13.2 Å². The summed E-state index contributed by atoms with van der Waals surface area (Å²) in [6, 6.07) is 11.8. The molecular weight excluding hydrogens is 329 g/mol. The Hall–Kier alpha value is -2.50. The van der Waals surface area contributed by atoms with Gasteiger partial charge in [-0.05, 0) is 24.6 Å². The number of rotatable bonds is 2. The fraction of sp³-hybridized carbons (Fsp3) is 0.316. The zero-order valence-corrected chi connectivity index (χ0v) is 14.0. The Labute approximate surface area is 144 Å². The Balaban J connectivity index is 2.26. The Morgan fingerprint density at radius 2 is 1.76 bits per heavy atom. The summed E-state index contributed by atoms with van der Waals surface area (Å²) in [7, 11) is 1.77. The lowest BCUT2D eigenvalue weighted by Crippen LogP contribution is -2.28. The van der Waals surface area contributed by atoms with Crippen molar-refractivity contribution in [3.63, 3.8) is 0 Å². The molecule has 2 heterocycles. The Kier molecular flexibility index (Phi) is 4.45. The number of carbonyl (C=O) groups is 1. The maximum absolute atomic E-state index is 13.4. The van der Waals surface area contributed by atoms with Crippen LogP contribution in [-0.4, -0.2) is 28.8 Å². The van der Waals surface area contributed by atoms with Gasteiger partial charge in [0.1, 0.15) is 5.69 Å². The summed E-state index contributed by atoms with van der Waals surface area (Å²) in [6.45, 7) is 2.05. The van der Waals surface area contributed by atoms with Gasteiger partial charge in [-0.25, -0.2) is 0 Å². The van der Waals surface area contributed by atoms with Crippen LogP contribution in [0, 0.1) is 0 Å². The highest BCUT2D eigenvalue weighted by Crippen LogP contribution is 2.38. The van der Waals surface area contributed by atoms with Gasteiger partial charge in [0.05, 0.1) is 5.92 Å². The second-order valence-electron chi connectivity index (χ2n) is 6.26. The van der Waals surface area contributed by atoms with E-state index >= 15 is 0 Å². The normalized spacial score (nSPS) is 20.3. The van der Waals surface area contributed by atoms with Crippen molar-refractivity contribution in [2.24, 2.45) is 0 Å². The van der Waals surface area contributed by atoms with E-state index in [1.807, 2.05) is 30.3 Å². The summed E-state index contributed by atoms with van der Waals surface area (Å²) in [4.78, 5) is 14.1. The predicted octanol–water partition coefficient (Wildman–Crippen LogP) is 4.06. The molecule has 0 aliphatic carbocycles. The first kappa shape index (κ1) is 17.3. The fourth-order valence-corrected chi connectivity index (χ4v) is 3.32. The first-order valence-electron chi connectivity index (χ1n) is 8.03. The van der Waals surface area contributed by atoms with E-state index in [1.54, 1.807) is 18.1 Å². The fourth-order valence-electron chi connectivity index (χ4n) is 3.32. The second kappa shape index (κ2) is 6.43. The van der Waals surface area contributed by atoms with Crippen molar-refractivity contribution in [1.29, 1.82) is 0 Å². The molecule has 1 aromatic heterocycles. The number of hydrogen-bond acceptors (Lipinski definition) is 2. The number of carbonyl (C=O) groups excluding carboxylic acids is 1. The summed E-state index contributed by atoms with van der Waals surface area (Å²) >= 11 is 0. The van der Waals surface area contributed by atoms with Crippen LogP contribution in [0.3, 0.4) is 0 Å². The summed E-state index contributed by atoms with van der Waals surface area (Å²) in [5.74, 6) is -0.679. The molecule has 25 heavy (non-hydrogen) atoms. The number of nitrogens with zero attached hydrogens (tertiary/aromatic N) is 2. The standard InChI is InChI=1S/C19H19F3N2O/c1-13(25)15-12-23(2)10-11-24-16(8-9-17(24)19(20,21)22)18(15)14-6-4-3-5-7-14/h3-9,12,18H,10-11H2,1-2H3/b15-12-. The number of likely N-dealkylation sites (N-methyl/N-ethyl adjacent to an activating group) is 1. The van der Waals surface area contributed by atoms with E-state index in [2.05, 4.69) is 0 Å². The van der Waals surface area contributed by atoms with Crippen LogP contribution >= 0.6 is 0 Å². The van der Waals surface area contributed by atoms with E-state index in [0.717, 1.165) is 11.6 Å². The van der Waals surface area contributed by atoms with E-state index in [1.165, 1.54) is 17.6 Å². The largest absolute Gasteiger partial charge is 0.431 e. The van der Waals surface area contributed by atoms with Crippen LogP contribution in [-0.2, 0) is 17.5 Å². The van der Waals surface area contributed by atoms with Gasteiger partial charge in [0.15, 0.2) is 5.78 Å². The molecule has 2 aromatic rings. The number of aromatic nitrogens is 1. The average molecular weight is 348 g/mol. The number of allylic oxidation sites excluding steroid dienone is 1. The van der Waals surface area contributed by atoms with Gasteiger partial charge in [-0.1, -0.05) is 30.3 Å². The average Bonchev–Trinajstić information content (AvgIpc) is 2.95. The minimum Gasteiger partial charge on any atom is -0.378 e. The summed E-state index contributed by atoms with van der Waals surface area (Å²) in [6.07, 6.45) is -2.68. The van der Waals surface area contributed by atoms with Crippen molar-refractivity contribution in [2.75, 3.05) is 13.6 Å². The van der Waals surface area contributed by atoms with Gasteiger partial charge in [-0.2, -0.15) is 13.2 Å². The van der Waals surface area contributed by atoms with E-state index in [-0.39, 0.29) is 12.3 Å². The lowest BCUT2D eigenvalue weighted by atomic mass is 9.86. The molecule has 0 saturated heterocycles.